The monoisotopic (exact) mass is 254 g/mol. The average molecular weight is 255 g/mol. The predicted octanol–water partition coefficient (Wildman–Crippen LogP) is 0.921. The second kappa shape index (κ2) is 4.20. The molecule has 0 saturated carbocycles. The Balaban J connectivity index is 0.00000108. The van der Waals surface area contributed by atoms with E-state index >= 15 is 0 Å². The molecule has 0 spiro atoms. The summed E-state index contributed by atoms with van der Waals surface area (Å²) in [5.74, 6) is 0.521. The number of nitrogens with one attached hydrogen (secondary N) is 2. The number of halogens is 1. The molecule has 1 amide bonds. The lowest BCUT2D eigenvalue weighted by atomic mass is 9.84. The summed E-state index contributed by atoms with van der Waals surface area (Å²) < 4.78 is 0. The van der Waals surface area contributed by atoms with Crippen LogP contribution >= 0.6 is 12.4 Å². The van der Waals surface area contributed by atoms with Gasteiger partial charge in [-0.1, -0.05) is 0 Å². The van der Waals surface area contributed by atoms with Gasteiger partial charge in [0.2, 0.25) is 0 Å². The van der Waals surface area contributed by atoms with E-state index < -0.39 is 0 Å². The highest BCUT2D eigenvalue weighted by molar-refractivity contribution is 5.99. The minimum absolute atomic E-state index is 0. The second-order valence-electron chi connectivity index (χ2n) is 4.57. The molecule has 4 nitrogen and oxygen atoms in total. The highest BCUT2D eigenvalue weighted by Gasteiger charge is 2.37. The summed E-state index contributed by atoms with van der Waals surface area (Å²) >= 11 is 0. The van der Waals surface area contributed by atoms with E-state index in [0.29, 0.717) is 5.92 Å². The molecule has 1 saturated heterocycles. The molecule has 0 bridgehead atoms. The van der Waals surface area contributed by atoms with Crippen molar-refractivity contribution < 1.29 is 9.90 Å². The molecule has 5 heteroatoms. The van der Waals surface area contributed by atoms with Crippen LogP contribution in [0.5, 0.6) is 5.75 Å². The third-order valence-corrected chi connectivity index (χ3v) is 3.51. The van der Waals surface area contributed by atoms with Crippen LogP contribution in [0.25, 0.3) is 0 Å². The second-order valence-corrected chi connectivity index (χ2v) is 4.57. The van der Waals surface area contributed by atoms with Crippen molar-refractivity contribution >= 4 is 18.3 Å². The zero-order valence-corrected chi connectivity index (χ0v) is 10.3. The van der Waals surface area contributed by atoms with E-state index in [4.69, 9.17) is 0 Å². The number of carbonyl (C=O) groups excluding carboxylic acids is 1. The minimum Gasteiger partial charge on any atom is -0.508 e. The van der Waals surface area contributed by atoms with Gasteiger partial charge in [0.05, 0.1) is 0 Å². The Hall–Kier alpha value is -1.26. The summed E-state index contributed by atoms with van der Waals surface area (Å²) in [6, 6.07) is 3.54. The summed E-state index contributed by atoms with van der Waals surface area (Å²) in [7, 11) is 0. The Labute approximate surface area is 106 Å². The molecule has 2 aliphatic rings. The zero-order chi connectivity index (χ0) is 11.3. The van der Waals surface area contributed by atoms with Gasteiger partial charge >= 0.3 is 0 Å². The van der Waals surface area contributed by atoms with Crippen LogP contribution in [0.2, 0.25) is 0 Å². The van der Waals surface area contributed by atoms with Gasteiger partial charge in [0.15, 0.2) is 0 Å². The van der Waals surface area contributed by atoms with Gasteiger partial charge in [0, 0.05) is 30.6 Å². The third-order valence-electron chi connectivity index (χ3n) is 3.51. The normalized spacial score (nSPS) is 25.6. The van der Waals surface area contributed by atoms with E-state index in [1.54, 1.807) is 12.1 Å². The van der Waals surface area contributed by atoms with Crippen LogP contribution in [-0.2, 0) is 0 Å². The Morgan fingerprint density at radius 2 is 2.12 bits per heavy atom. The minimum atomic E-state index is -0.0163. The van der Waals surface area contributed by atoms with Gasteiger partial charge < -0.3 is 15.7 Å². The molecular weight excluding hydrogens is 240 g/mol. The first-order valence-corrected chi connectivity index (χ1v) is 5.52. The van der Waals surface area contributed by atoms with Gasteiger partial charge in [0.25, 0.3) is 5.91 Å². The zero-order valence-electron chi connectivity index (χ0n) is 9.49. The average Bonchev–Trinajstić information content (AvgIpc) is 2.64. The molecule has 0 aromatic heterocycles. The summed E-state index contributed by atoms with van der Waals surface area (Å²) in [6.07, 6.45) is 0. The largest absolute Gasteiger partial charge is 0.508 e. The van der Waals surface area contributed by atoms with Crippen LogP contribution in [0.3, 0.4) is 0 Å². The van der Waals surface area contributed by atoms with E-state index in [0.717, 1.165) is 29.8 Å². The lowest BCUT2D eigenvalue weighted by molar-refractivity contribution is 0.0923. The number of aryl methyl sites for hydroxylation is 1. The number of benzene rings is 1. The Morgan fingerprint density at radius 1 is 1.35 bits per heavy atom. The van der Waals surface area contributed by atoms with Crippen molar-refractivity contribution in [2.75, 3.05) is 13.1 Å². The van der Waals surface area contributed by atoms with Crippen molar-refractivity contribution in [1.82, 2.24) is 10.6 Å². The van der Waals surface area contributed by atoms with Crippen LogP contribution in [0, 0.1) is 6.92 Å². The van der Waals surface area contributed by atoms with Gasteiger partial charge in [-0.25, -0.2) is 0 Å². The number of hydrogen-bond acceptors (Lipinski definition) is 3. The molecule has 1 fully saturated rings. The molecule has 2 aliphatic heterocycles. The van der Waals surface area contributed by atoms with Gasteiger partial charge in [0.1, 0.15) is 5.75 Å². The van der Waals surface area contributed by atoms with Crippen LogP contribution in [0.15, 0.2) is 12.1 Å². The van der Waals surface area contributed by atoms with Crippen LogP contribution in [0.1, 0.15) is 27.4 Å². The highest BCUT2D eigenvalue weighted by Crippen LogP contribution is 2.34. The first-order chi connectivity index (χ1) is 7.66. The van der Waals surface area contributed by atoms with Crippen LogP contribution in [0.4, 0.5) is 0 Å². The van der Waals surface area contributed by atoms with Gasteiger partial charge in [-0.05, 0) is 30.2 Å². The molecule has 2 heterocycles. The first-order valence-electron chi connectivity index (χ1n) is 5.52. The summed E-state index contributed by atoms with van der Waals surface area (Å²) in [5, 5.41) is 15.9. The first kappa shape index (κ1) is 12.2. The fourth-order valence-electron chi connectivity index (χ4n) is 2.80. The quantitative estimate of drug-likeness (QED) is 0.645. The lowest BCUT2D eigenvalue weighted by Crippen LogP contribution is -2.44. The number of carbonyl (C=O) groups is 1. The summed E-state index contributed by atoms with van der Waals surface area (Å²) in [4.78, 5) is 11.9. The number of fused-ring (bicyclic) bond motifs is 3. The lowest BCUT2D eigenvalue weighted by Gasteiger charge is -2.29. The van der Waals surface area contributed by atoms with Crippen molar-refractivity contribution in [3.05, 3.63) is 28.8 Å². The molecular formula is C12H15ClN2O2. The number of rotatable bonds is 0. The standard InChI is InChI=1S/C12H14N2O2.ClH/c1-6-2-7(15)3-8-9-4-13-5-10(9)14-12(16)11(6)8;/h2-3,9-10,13,15H,4-5H2,1H3,(H,14,16);1H/t9-,10+;/m0./s1. The number of aromatic hydroxyl groups is 1. The van der Waals surface area contributed by atoms with Crippen molar-refractivity contribution in [1.29, 1.82) is 0 Å². The van der Waals surface area contributed by atoms with E-state index in [1.165, 1.54) is 0 Å². The Bertz CT molecular complexity index is 476. The van der Waals surface area contributed by atoms with Gasteiger partial charge in [-0.2, -0.15) is 0 Å². The Kier molecular flexibility index (Phi) is 3.02. The SMILES string of the molecule is Cc1cc(O)cc2c1C(=O)N[C@@H]1CNC[C@@H]21.Cl. The molecule has 1 aromatic carbocycles. The Morgan fingerprint density at radius 3 is 2.88 bits per heavy atom. The maximum atomic E-state index is 11.9. The molecule has 1 aromatic rings. The maximum absolute atomic E-state index is 11.9. The fourth-order valence-corrected chi connectivity index (χ4v) is 2.80. The van der Waals surface area contributed by atoms with Crippen LogP contribution in [-0.4, -0.2) is 30.1 Å². The van der Waals surface area contributed by atoms with Crippen molar-refractivity contribution in [2.24, 2.45) is 0 Å². The molecule has 0 unspecified atom stereocenters. The molecule has 0 radical (unpaired) electrons. The fraction of sp³-hybridized carbons (Fsp3) is 0.417. The molecule has 3 N–H and O–H groups in total. The molecule has 17 heavy (non-hydrogen) atoms. The van der Waals surface area contributed by atoms with E-state index in [2.05, 4.69) is 10.6 Å². The molecule has 3 rings (SSSR count). The summed E-state index contributed by atoms with van der Waals surface area (Å²) in [6.45, 7) is 3.53. The topological polar surface area (TPSA) is 61.4 Å². The van der Waals surface area contributed by atoms with E-state index in [9.17, 15) is 9.90 Å². The molecule has 2 atom stereocenters. The number of phenols is 1. The predicted molar refractivity (Wildman–Crippen MR) is 67.0 cm³/mol. The van der Waals surface area contributed by atoms with E-state index in [1.807, 2.05) is 6.92 Å². The van der Waals surface area contributed by atoms with Crippen LogP contribution < -0.4 is 10.6 Å². The highest BCUT2D eigenvalue weighted by atomic mass is 35.5. The van der Waals surface area contributed by atoms with E-state index in [-0.39, 0.29) is 30.1 Å². The summed E-state index contributed by atoms with van der Waals surface area (Å²) in [5.41, 5.74) is 2.57. The maximum Gasteiger partial charge on any atom is 0.252 e. The molecule has 0 aliphatic carbocycles. The molecule has 92 valence electrons. The third kappa shape index (κ3) is 1.77. The van der Waals surface area contributed by atoms with Gasteiger partial charge in [-0.3, -0.25) is 4.79 Å². The number of hydrogen-bond donors (Lipinski definition) is 3. The smallest absolute Gasteiger partial charge is 0.252 e. The van der Waals surface area contributed by atoms with Crippen molar-refractivity contribution in [3.8, 4) is 5.75 Å². The van der Waals surface area contributed by atoms with Crippen molar-refractivity contribution in [2.45, 2.75) is 18.9 Å². The van der Waals surface area contributed by atoms with Crippen molar-refractivity contribution in [3.63, 3.8) is 0 Å². The van der Waals surface area contributed by atoms with Gasteiger partial charge in [-0.15, -0.1) is 12.4 Å². The number of amides is 1. The number of phenolic OH excluding ortho intramolecular Hbond substituents is 1.